The third-order valence-corrected chi connectivity index (χ3v) is 8.15. The minimum atomic E-state index is -4.19. The Hall–Kier alpha value is -2.75. The lowest BCUT2D eigenvalue weighted by atomic mass is 9.82. The largest absolute Gasteiger partial charge is 0.481 e. The first-order valence-electron chi connectivity index (χ1n) is 9.29. The number of carbonyl (C=O) groups excluding carboxylic acids is 1. The number of thiazole rings is 1. The fourth-order valence-corrected chi connectivity index (χ4v) is 6.35. The molecule has 3 aromatic rings. The lowest BCUT2D eigenvalue weighted by molar-refractivity contribution is -0.141. The molecule has 3 unspecified atom stereocenters. The second kappa shape index (κ2) is 8.07. The highest BCUT2D eigenvalue weighted by atomic mass is 35.5. The molecule has 0 bridgehead atoms. The van der Waals surface area contributed by atoms with Crippen LogP contribution >= 0.6 is 22.9 Å². The second-order valence-corrected chi connectivity index (χ2v) is 10.3. The van der Waals surface area contributed by atoms with Crippen molar-refractivity contribution in [1.82, 2.24) is 4.98 Å². The van der Waals surface area contributed by atoms with Crippen LogP contribution in [0.1, 0.15) is 28.2 Å². The summed E-state index contributed by atoms with van der Waals surface area (Å²) < 4.78 is 28.4. The number of Topliss-reactive ketones (excluding diaryl/α,β-unsaturated/α-hetero) is 1. The predicted molar refractivity (Wildman–Crippen MR) is 117 cm³/mol. The Bertz CT molecular complexity index is 1250. The van der Waals surface area contributed by atoms with Crippen LogP contribution in [0.5, 0.6) is 0 Å². The summed E-state index contributed by atoms with van der Waals surface area (Å²) in [7, 11) is -4.19. The molecule has 4 rings (SSSR count). The minimum Gasteiger partial charge on any atom is -0.481 e. The second-order valence-electron chi connectivity index (χ2n) is 7.12. The van der Waals surface area contributed by atoms with Gasteiger partial charge in [0.15, 0.2) is 5.01 Å². The summed E-state index contributed by atoms with van der Waals surface area (Å²) in [6, 6.07) is 11.0. The van der Waals surface area contributed by atoms with Gasteiger partial charge in [0.05, 0.1) is 16.5 Å². The van der Waals surface area contributed by atoms with E-state index in [1.165, 1.54) is 43.5 Å². The van der Waals surface area contributed by atoms with E-state index in [0.717, 1.165) is 15.6 Å². The zero-order valence-electron chi connectivity index (χ0n) is 16.2. The van der Waals surface area contributed by atoms with Crippen molar-refractivity contribution in [2.24, 2.45) is 5.92 Å². The molecule has 0 aliphatic carbocycles. The van der Waals surface area contributed by atoms with Crippen LogP contribution in [0.25, 0.3) is 0 Å². The smallest absolute Gasteiger partial charge is 0.306 e. The van der Waals surface area contributed by atoms with E-state index in [0.29, 0.717) is 10.6 Å². The zero-order chi connectivity index (χ0) is 22.3. The summed E-state index contributed by atoms with van der Waals surface area (Å²) in [6.45, 7) is 1.46. The monoisotopic (exact) mass is 476 g/mol. The number of sulfonamides is 1. The molecule has 0 saturated carbocycles. The number of aliphatic carboxylic acids is 1. The highest BCUT2D eigenvalue weighted by molar-refractivity contribution is 7.93. The summed E-state index contributed by atoms with van der Waals surface area (Å²) in [5, 5.41) is 11.8. The van der Waals surface area contributed by atoms with E-state index in [9.17, 15) is 23.1 Å². The van der Waals surface area contributed by atoms with Crippen LogP contribution in [0.3, 0.4) is 0 Å². The zero-order valence-corrected chi connectivity index (χ0v) is 18.6. The van der Waals surface area contributed by atoms with Crippen molar-refractivity contribution in [3.05, 3.63) is 75.7 Å². The van der Waals surface area contributed by atoms with Crippen LogP contribution in [-0.4, -0.2) is 36.3 Å². The Morgan fingerprint density at radius 1 is 1.19 bits per heavy atom. The number of fused-ring (bicyclic) bond motifs is 1. The van der Waals surface area contributed by atoms with Gasteiger partial charge >= 0.3 is 5.97 Å². The Morgan fingerprint density at radius 3 is 2.52 bits per heavy atom. The van der Waals surface area contributed by atoms with E-state index in [2.05, 4.69) is 4.98 Å². The molecule has 1 N–H and O–H groups in total. The normalized spacial score (nSPS) is 19.1. The molecule has 2 heterocycles. The van der Waals surface area contributed by atoms with Crippen molar-refractivity contribution in [2.75, 3.05) is 4.31 Å². The first-order valence-corrected chi connectivity index (χ1v) is 12.0. The first kappa shape index (κ1) is 21.5. The van der Waals surface area contributed by atoms with Gasteiger partial charge in [0.25, 0.3) is 10.0 Å². The van der Waals surface area contributed by atoms with Crippen molar-refractivity contribution in [1.29, 1.82) is 0 Å². The number of rotatable bonds is 6. The third-order valence-electron chi connectivity index (χ3n) is 5.32. The van der Waals surface area contributed by atoms with Gasteiger partial charge in [0.1, 0.15) is 6.04 Å². The van der Waals surface area contributed by atoms with Crippen molar-refractivity contribution in [3.8, 4) is 0 Å². The molecule has 0 fully saturated rings. The summed E-state index contributed by atoms with van der Waals surface area (Å²) >= 11 is 7.24. The summed E-state index contributed by atoms with van der Waals surface area (Å²) in [4.78, 5) is 29.5. The maximum Gasteiger partial charge on any atom is 0.306 e. The summed E-state index contributed by atoms with van der Waals surface area (Å²) in [5.41, 5.74) is 0.637. The van der Waals surface area contributed by atoms with Crippen LogP contribution < -0.4 is 4.31 Å². The highest BCUT2D eigenvalue weighted by Gasteiger charge is 2.52. The van der Waals surface area contributed by atoms with Gasteiger partial charge in [-0.25, -0.2) is 13.4 Å². The molecular formula is C21H17ClN2O5S2. The molecule has 0 amide bonds. The molecule has 2 aromatic carbocycles. The van der Waals surface area contributed by atoms with Crippen LogP contribution in [0.15, 0.2) is 65.0 Å². The van der Waals surface area contributed by atoms with Crippen LogP contribution in [-0.2, 0) is 14.8 Å². The molecule has 31 heavy (non-hydrogen) atoms. The molecule has 160 valence electrons. The number of carboxylic acids is 1. The van der Waals surface area contributed by atoms with Crippen molar-refractivity contribution < 1.29 is 23.1 Å². The molecule has 1 aromatic heterocycles. The van der Waals surface area contributed by atoms with E-state index < -0.39 is 39.7 Å². The average Bonchev–Trinajstić information content (AvgIpc) is 3.39. The number of anilines is 1. The SMILES string of the molecule is CC(C(=O)O)C1c2cc(Cl)ccc2N(S(=O)(=O)c2ccccc2)C1C(=O)c1nccs1. The minimum absolute atomic E-state index is 0.00327. The maximum atomic E-state index is 13.7. The first-order chi connectivity index (χ1) is 14.7. The predicted octanol–water partition coefficient (Wildman–Crippen LogP) is 4.06. The van der Waals surface area contributed by atoms with Gasteiger partial charge < -0.3 is 5.11 Å². The van der Waals surface area contributed by atoms with Gasteiger partial charge in [0.2, 0.25) is 5.78 Å². The molecule has 10 heteroatoms. The van der Waals surface area contributed by atoms with Crippen LogP contribution in [0, 0.1) is 5.92 Å². The number of benzene rings is 2. The Morgan fingerprint density at radius 2 is 1.90 bits per heavy atom. The molecule has 7 nitrogen and oxygen atoms in total. The number of hydrogen-bond acceptors (Lipinski definition) is 6. The number of nitrogens with zero attached hydrogens (tertiary/aromatic N) is 2. The van der Waals surface area contributed by atoms with Crippen molar-refractivity contribution in [2.45, 2.75) is 23.8 Å². The van der Waals surface area contributed by atoms with Crippen LogP contribution in [0.4, 0.5) is 5.69 Å². The van der Waals surface area contributed by atoms with E-state index >= 15 is 0 Å². The third kappa shape index (κ3) is 3.62. The lowest BCUT2D eigenvalue weighted by Crippen LogP contribution is -2.46. The summed E-state index contributed by atoms with van der Waals surface area (Å²) in [5.74, 6) is -3.70. The summed E-state index contributed by atoms with van der Waals surface area (Å²) in [6.07, 6.45) is 1.45. The molecule has 1 aliphatic rings. The Balaban J connectivity index is 1.98. The fraction of sp³-hybridized carbons (Fsp3) is 0.190. The van der Waals surface area contributed by atoms with Crippen molar-refractivity contribution in [3.63, 3.8) is 0 Å². The maximum absolute atomic E-state index is 13.7. The highest BCUT2D eigenvalue weighted by Crippen LogP contribution is 2.49. The number of hydrogen-bond donors (Lipinski definition) is 1. The average molecular weight is 477 g/mol. The topological polar surface area (TPSA) is 105 Å². The molecule has 0 radical (unpaired) electrons. The van der Waals surface area contributed by atoms with Crippen LogP contribution in [0.2, 0.25) is 5.02 Å². The van der Waals surface area contributed by atoms with Gasteiger partial charge in [-0.1, -0.05) is 36.7 Å². The van der Waals surface area contributed by atoms with Gasteiger partial charge in [-0.05, 0) is 35.9 Å². The quantitative estimate of drug-likeness (QED) is 0.538. The molecule has 1 aliphatic heterocycles. The fourth-order valence-electron chi connectivity index (χ4n) is 3.88. The number of aromatic nitrogens is 1. The Kier molecular flexibility index (Phi) is 5.59. The number of carboxylic acid groups (broad SMARTS) is 1. The molecule has 0 saturated heterocycles. The molecule has 0 spiro atoms. The van der Waals surface area contributed by atoms with E-state index in [-0.39, 0.29) is 15.6 Å². The molecular weight excluding hydrogens is 460 g/mol. The van der Waals surface area contributed by atoms with E-state index in [1.54, 1.807) is 23.6 Å². The molecule has 3 atom stereocenters. The van der Waals surface area contributed by atoms with Gasteiger partial charge in [-0.15, -0.1) is 11.3 Å². The van der Waals surface area contributed by atoms with Gasteiger partial charge in [0, 0.05) is 22.5 Å². The lowest BCUT2D eigenvalue weighted by Gasteiger charge is -2.29. The van der Waals surface area contributed by atoms with Crippen molar-refractivity contribution >= 4 is 50.4 Å². The van der Waals surface area contributed by atoms with Gasteiger partial charge in [-0.3, -0.25) is 13.9 Å². The van der Waals surface area contributed by atoms with E-state index in [4.69, 9.17) is 11.6 Å². The number of carbonyl (C=O) groups is 2. The van der Waals surface area contributed by atoms with E-state index in [1.807, 2.05) is 0 Å². The van der Waals surface area contributed by atoms with Gasteiger partial charge in [-0.2, -0.15) is 0 Å². The number of halogens is 1. The Labute approximate surface area is 188 Å². The number of ketones is 1. The standard InChI is InChI=1S/C21H17ClN2O5S2/c1-12(21(26)27)17-15-11-13(22)7-8-16(15)24(18(17)19(25)20-23-9-10-30-20)31(28,29)14-5-3-2-4-6-14/h2-12,17-18H,1H3,(H,26,27).